The molecule has 0 bridgehead atoms. The lowest BCUT2D eigenvalue weighted by molar-refractivity contribution is 0.216. The van der Waals surface area contributed by atoms with Crippen molar-refractivity contribution in [2.45, 2.75) is 25.7 Å². The summed E-state index contributed by atoms with van der Waals surface area (Å²) in [5, 5.41) is 0. The van der Waals surface area contributed by atoms with E-state index in [2.05, 4.69) is 50.4 Å². The van der Waals surface area contributed by atoms with Crippen LogP contribution in [0.5, 0.6) is 0 Å². The van der Waals surface area contributed by atoms with Gasteiger partial charge in [-0.2, -0.15) is 4.98 Å². The van der Waals surface area contributed by atoms with Crippen LogP contribution in [0.25, 0.3) is 11.2 Å². The van der Waals surface area contributed by atoms with Crippen molar-refractivity contribution in [3.05, 3.63) is 15.3 Å². The maximum Gasteiger partial charge on any atom is 0.294 e. The fourth-order valence-electron chi connectivity index (χ4n) is 2.70. The first-order chi connectivity index (χ1) is 9.17. The molecular weight excluding hydrogens is 355 g/mol. The topological polar surface area (TPSA) is 68.2 Å². The Bertz CT molecular complexity index is 598. The van der Waals surface area contributed by atoms with Crippen LogP contribution in [0.4, 0.5) is 6.01 Å². The van der Waals surface area contributed by atoms with E-state index in [9.17, 15) is 0 Å². The average Bonchev–Trinajstić information content (AvgIpc) is 2.80. The van der Waals surface area contributed by atoms with E-state index in [0.717, 1.165) is 22.4 Å². The minimum Gasteiger partial charge on any atom is -0.421 e. The third-order valence-electron chi connectivity index (χ3n) is 3.72. The molecule has 2 aromatic rings. The van der Waals surface area contributed by atoms with Crippen LogP contribution in [-0.2, 0) is 0 Å². The quantitative estimate of drug-likeness (QED) is 0.821. The maximum atomic E-state index is 5.60. The number of nitrogen functional groups attached to an aromatic ring is 1. The van der Waals surface area contributed by atoms with Gasteiger partial charge in [-0.25, -0.2) is 4.98 Å². The lowest BCUT2D eigenvalue weighted by Gasteiger charge is -2.31. The molecule has 1 unspecified atom stereocenters. The fraction of sp³-hybridized carbons (Fsp3) is 0.538. The molecule has 0 amide bonds. The lowest BCUT2D eigenvalue weighted by atomic mass is 9.94. The second-order valence-electron chi connectivity index (χ2n) is 4.97. The third-order valence-corrected chi connectivity index (χ3v) is 4.52. The van der Waals surface area contributed by atoms with E-state index in [1.807, 2.05) is 0 Å². The Labute approximate surface area is 125 Å². The number of aromatic nitrogens is 2. The van der Waals surface area contributed by atoms with Crippen molar-refractivity contribution in [2.75, 3.05) is 25.4 Å². The Hall–Kier alpha value is -0.890. The zero-order valence-corrected chi connectivity index (χ0v) is 13.1. The number of hydrogen-bond donors (Lipinski definition) is 1. The van der Waals surface area contributed by atoms with Crippen LogP contribution in [0.3, 0.4) is 0 Å². The minimum absolute atomic E-state index is 0.191. The van der Waals surface area contributed by atoms with Crippen LogP contribution < -0.4 is 5.73 Å². The predicted octanol–water partition coefficient (Wildman–Crippen LogP) is 2.61. The van der Waals surface area contributed by atoms with Gasteiger partial charge in [-0.15, -0.1) is 0 Å². The standard InChI is InChI=1S/C13H17IN4O/c1-2-18-5-3-4-8(7-18)10-6-9(14)11-12(16-10)17-13(15)19-11/h6,8H,2-5,7H2,1H3,(H2,15,16,17). The Kier molecular flexibility index (Phi) is 3.62. The smallest absolute Gasteiger partial charge is 0.294 e. The number of nitrogens with zero attached hydrogens (tertiary/aromatic N) is 3. The lowest BCUT2D eigenvalue weighted by Crippen LogP contribution is -2.34. The third kappa shape index (κ3) is 2.55. The van der Waals surface area contributed by atoms with E-state index < -0.39 is 0 Å². The molecule has 1 aliphatic heterocycles. The van der Waals surface area contributed by atoms with E-state index in [0.29, 0.717) is 17.1 Å². The zero-order chi connectivity index (χ0) is 13.4. The number of pyridine rings is 1. The molecule has 0 aromatic carbocycles. The van der Waals surface area contributed by atoms with Crippen molar-refractivity contribution < 1.29 is 4.42 Å². The highest BCUT2D eigenvalue weighted by Crippen LogP contribution is 2.30. The highest BCUT2D eigenvalue weighted by atomic mass is 127. The molecule has 3 heterocycles. The van der Waals surface area contributed by atoms with Crippen LogP contribution in [-0.4, -0.2) is 34.5 Å². The summed E-state index contributed by atoms with van der Waals surface area (Å²) in [4.78, 5) is 11.3. The van der Waals surface area contributed by atoms with Crippen molar-refractivity contribution in [3.63, 3.8) is 0 Å². The van der Waals surface area contributed by atoms with Gasteiger partial charge < -0.3 is 15.1 Å². The van der Waals surface area contributed by atoms with Gasteiger partial charge in [-0.05, 0) is 54.6 Å². The fourth-order valence-corrected chi connectivity index (χ4v) is 3.37. The maximum absolute atomic E-state index is 5.60. The zero-order valence-electron chi connectivity index (χ0n) is 10.9. The number of hydrogen-bond acceptors (Lipinski definition) is 5. The summed E-state index contributed by atoms with van der Waals surface area (Å²) < 4.78 is 6.41. The molecule has 2 N–H and O–H groups in total. The van der Waals surface area contributed by atoms with Gasteiger partial charge in [0.25, 0.3) is 6.01 Å². The second-order valence-corrected chi connectivity index (χ2v) is 6.13. The van der Waals surface area contributed by atoms with Crippen molar-refractivity contribution in [1.82, 2.24) is 14.9 Å². The second kappa shape index (κ2) is 5.24. The molecule has 1 fully saturated rings. The van der Waals surface area contributed by atoms with Crippen LogP contribution in [0.1, 0.15) is 31.4 Å². The number of oxazole rings is 1. The summed E-state index contributed by atoms with van der Waals surface area (Å²) in [5.41, 5.74) is 8.05. The molecule has 102 valence electrons. The molecule has 6 heteroatoms. The molecule has 0 saturated carbocycles. The first-order valence-corrected chi connectivity index (χ1v) is 7.70. The number of fused-ring (bicyclic) bond motifs is 1. The van der Waals surface area contributed by atoms with Crippen LogP contribution in [0.2, 0.25) is 0 Å². The summed E-state index contributed by atoms with van der Waals surface area (Å²) in [6, 6.07) is 2.30. The highest BCUT2D eigenvalue weighted by Gasteiger charge is 2.23. The average molecular weight is 372 g/mol. The number of likely N-dealkylation sites (N-methyl/N-ethyl adjacent to an activating group) is 1. The molecule has 3 rings (SSSR count). The van der Waals surface area contributed by atoms with Crippen molar-refractivity contribution in [1.29, 1.82) is 0 Å². The van der Waals surface area contributed by atoms with Crippen molar-refractivity contribution in [2.24, 2.45) is 0 Å². The van der Waals surface area contributed by atoms with Gasteiger partial charge in [-0.3, -0.25) is 0 Å². The van der Waals surface area contributed by atoms with Crippen molar-refractivity contribution in [3.8, 4) is 0 Å². The summed E-state index contributed by atoms with van der Waals surface area (Å²) >= 11 is 2.26. The van der Waals surface area contributed by atoms with Gasteiger partial charge in [0.05, 0.1) is 3.57 Å². The van der Waals surface area contributed by atoms with E-state index in [4.69, 9.17) is 10.2 Å². The molecule has 1 atom stereocenters. The highest BCUT2D eigenvalue weighted by molar-refractivity contribution is 14.1. The molecular formula is C13H17IN4O. The number of rotatable bonds is 2. The van der Waals surface area contributed by atoms with Gasteiger partial charge >= 0.3 is 0 Å². The number of nitrogens with two attached hydrogens (primary N) is 1. The summed E-state index contributed by atoms with van der Waals surface area (Å²) in [6.45, 7) is 5.59. The molecule has 5 nitrogen and oxygen atoms in total. The Morgan fingerprint density at radius 2 is 2.37 bits per heavy atom. The summed E-state index contributed by atoms with van der Waals surface area (Å²) in [7, 11) is 0. The summed E-state index contributed by atoms with van der Waals surface area (Å²) in [5.74, 6) is 0.490. The number of anilines is 1. The van der Waals surface area contributed by atoms with Crippen LogP contribution in [0, 0.1) is 3.57 Å². The molecule has 2 aromatic heterocycles. The number of piperidine rings is 1. The van der Waals surface area contributed by atoms with Gasteiger partial charge in [-0.1, -0.05) is 6.92 Å². The van der Waals surface area contributed by atoms with Crippen LogP contribution in [0.15, 0.2) is 10.5 Å². The van der Waals surface area contributed by atoms with Gasteiger partial charge in [0.1, 0.15) is 0 Å². The molecule has 19 heavy (non-hydrogen) atoms. The van der Waals surface area contributed by atoms with E-state index in [1.54, 1.807) is 0 Å². The Morgan fingerprint density at radius 1 is 1.53 bits per heavy atom. The van der Waals surface area contributed by atoms with Crippen LogP contribution >= 0.6 is 22.6 Å². The Morgan fingerprint density at radius 3 is 3.16 bits per heavy atom. The normalized spacial score (nSPS) is 21.1. The monoisotopic (exact) mass is 372 g/mol. The first kappa shape index (κ1) is 13.1. The predicted molar refractivity (Wildman–Crippen MR) is 83.0 cm³/mol. The number of halogens is 1. The largest absolute Gasteiger partial charge is 0.421 e. The molecule has 1 aliphatic rings. The van der Waals surface area contributed by atoms with Gasteiger partial charge in [0, 0.05) is 18.2 Å². The Balaban J connectivity index is 1.96. The van der Waals surface area contributed by atoms with E-state index in [-0.39, 0.29) is 6.01 Å². The summed E-state index contributed by atoms with van der Waals surface area (Å²) in [6.07, 6.45) is 2.42. The van der Waals surface area contributed by atoms with E-state index >= 15 is 0 Å². The SMILES string of the molecule is CCN1CCCC(c2cc(I)c3oc(N)nc3n2)C1. The van der Waals surface area contributed by atoms with E-state index in [1.165, 1.54) is 19.4 Å². The minimum atomic E-state index is 0.191. The van der Waals surface area contributed by atoms with Gasteiger partial charge in [0.15, 0.2) is 5.58 Å². The number of likely N-dealkylation sites (tertiary alicyclic amines) is 1. The molecule has 0 spiro atoms. The first-order valence-electron chi connectivity index (χ1n) is 6.62. The van der Waals surface area contributed by atoms with Crippen molar-refractivity contribution >= 4 is 39.8 Å². The molecule has 1 saturated heterocycles. The van der Waals surface area contributed by atoms with Gasteiger partial charge in [0.2, 0.25) is 5.65 Å². The molecule has 0 aliphatic carbocycles. The molecule has 0 radical (unpaired) electrons.